The molecule has 4 heteroatoms. The summed E-state index contributed by atoms with van der Waals surface area (Å²) in [6, 6.07) is 10.4. The average molecular weight is 307 g/mol. The first-order chi connectivity index (χ1) is 10.1. The molecule has 21 heavy (non-hydrogen) atoms. The number of hydrogen-bond donors (Lipinski definition) is 1. The zero-order valence-corrected chi connectivity index (χ0v) is 12.2. The maximum atomic E-state index is 13.4. The van der Waals surface area contributed by atoms with Crippen LogP contribution in [0.4, 0.5) is 4.39 Å². The molecule has 0 aliphatic heterocycles. The molecule has 2 nitrogen and oxygen atoms in total. The molecule has 0 amide bonds. The van der Waals surface area contributed by atoms with E-state index in [1.165, 1.54) is 11.6 Å². The second-order valence-corrected chi connectivity index (χ2v) is 5.65. The van der Waals surface area contributed by atoms with E-state index in [4.69, 9.17) is 16.3 Å². The quantitative estimate of drug-likeness (QED) is 0.909. The van der Waals surface area contributed by atoms with Crippen LogP contribution in [0.15, 0.2) is 36.4 Å². The molecule has 0 unspecified atom stereocenters. The lowest BCUT2D eigenvalue weighted by molar-refractivity contribution is 0.156. The molecule has 0 radical (unpaired) electrons. The van der Waals surface area contributed by atoms with Crippen molar-refractivity contribution in [2.75, 3.05) is 0 Å². The van der Waals surface area contributed by atoms with Crippen molar-refractivity contribution >= 4 is 11.6 Å². The summed E-state index contributed by atoms with van der Waals surface area (Å²) in [5, 5.41) is 10.1. The third kappa shape index (κ3) is 3.04. The molecular formula is C17H16ClFO2. The maximum absolute atomic E-state index is 13.4. The van der Waals surface area contributed by atoms with E-state index in [9.17, 15) is 9.50 Å². The third-order valence-corrected chi connectivity index (χ3v) is 4.25. The van der Waals surface area contributed by atoms with E-state index in [2.05, 4.69) is 0 Å². The summed E-state index contributed by atoms with van der Waals surface area (Å²) >= 11 is 5.90. The van der Waals surface area contributed by atoms with Crippen molar-refractivity contribution in [1.82, 2.24) is 0 Å². The van der Waals surface area contributed by atoms with Gasteiger partial charge in [-0.1, -0.05) is 29.8 Å². The first-order valence-electron chi connectivity index (χ1n) is 7.02. The number of ether oxygens (including phenoxy) is 1. The van der Waals surface area contributed by atoms with Crippen molar-refractivity contribution in [3.8, 4) is 5.75 Å². The average Bonchev–Trinajstić information content (AvgIpc) is 2.49. The van der Waals surface area contributed by atoms with E-state index < -0.39 is 11.9 Å². The minimum atomic E-state index is -0.446. The van der Waals surface area contributed by atoms with Crippen LogP contribution in [0.2, 0.25) is 5.02 Å². The normalized spacial score (nSPS) is 17.4. The Morgan fingerprint density at radius 2 is 2.14 bits per heavy atom. The van der Waals surface area contributed by atoms with Gasteiger partial charge in [0.2, 0.25) is 0 Å². The van der Waals surface area contributed by atoms with Gasteiger partial charge in [-0.25, -0.2) is 4.39 Å². The maximum Gasteiger partial charge on any atom is 0.142 e. The first-order valence-corrected chi connectivity index (χ1v) is 7.39. The molecule has 0 aromatic heterocycles. The van der Waals surface area contributed by atoms with Crippen LogP contribution in [0.1, 0.15) is 35.6 Å². The number of hydrogen-bond acceptors (Lipinski definition) is 2. The predicted octanol–water partition coefficient (Wildman–Crippen LogP) is 4.43. The van der Waals surface area contributed by atoms with Crippen LogP contribution in [0, 0.1) is 5.82 Å². The standard InChI is InChI=1S/C17H16ClFO2/c18-17-12(4-1-5-15(17)19)10-21-13-8-7-11-3-2-6-16(20)14(11)9-13/h1,4-5,7-9,16,20H,2-3,6,10H2/t16-/m0/s1. The molecule has 0 saturated carbocycles. The highest BCUT2D eigenvalue weighted by molar-refractivity contribution is 6.31. The zero-order valence-electron chi connectivity index (χ0n) is 11.5. The van der Waals surface area contributed by atoms with Crippen molar-refractivity contribution in [1.29, 1.82) is 0 Å². The Labute approximate surface area is 128 Å². The minimum absolute atomic E-state index is 0.0931. The van der Waals surface area contributed by atoms with Gasteiger partial charge >= 0.3 is 0 Å². The summed E-state index contributed by atoms with van der Waals surface area (Å²) in [5.41, 5.74) is 2.71. The molecule has 1 atom stereocenters. The van der Waals surface area contributed by atoms with Gasteiger partial charge in [-0.05, 0) is 48.6 Å². The number of aryl methyl sites for hydroxylation is 1. The Morgan fingerprint density at radius 1 is 1.29 bits per heavy atom. The molecule has 0 saturated heterocycles. The summed E-state index contributed by atoms with van der Waals surface area (Å²) in [5.74, 6) is 0.216. The highest BCUT2D eigenvalue weighted by atomic mass is 35.5. The van der Waals surface area contributed by atoms with Crippen LogP contribution < -0.4 is 4.74 Å². The van der Waals surface area contributed by atoms with Gasteiger partial charge in [0.25, 0.3) is 0 Å². The van der Waals surface area contributed by atoms with Gasteiger partial charge in [0, 0.05) is 5.56 Å². The summed E-state index contributed by atoms with van der Waals surface area (Å²) in [6.45, 7) is 0.200. The molecule has 0 heterocycles. The number of aliphatic hydroxyl groups is 1. The summed E-state index contributed by atoms with van der Waals surface area (Å²) in [7, 11) is 0. The molecule has 0 fully saturated rings. The summed E-state index contributed by atoms with van der Waals surface area (Å²) in [4.78, 5) is 0. The van der Waals surface area contributed by atoms with Crippen molar-refractivity contribution in [3.63, 3.8) is 0 Å². The number of aliphatic hydroxyl groups excluding tert-OH is 1. The van der Waals surface area contributed by atoms with Gasteiger partial charge in [0.1, 0.15) is 18.2 Å². The van der Waals surface area contributed by atoms with Crippen LogP contribution in [-0.4, -0.2) is 5.11 Å². The second kappa shape index (κ2) is 6.04. The fraction of sp³-hybridized carbons (Fsp3) is 0.294. The molecular weight excluding hydrogens is 291 g/mol. The van der Waals surface area contributed by atoms with Gasteiger partial charge in [-0.15, -0.1) is 0 Å². The van der Waals surface area contributed by atoms with Crippen LogP contribution in [0.3, 0.4) is 0 Å². The lowest BCUT2D eigenvalue weighted by atomic mass is 9.89. The smallest absolute Gasteiger partial charge is 0.142 e. The van der Waals surface area contributed by atoms with Gasteiger partial charge in [0.05, 0.1) is 11.1 Å². The van der Waals surface area contributed by atoms with Crippen molar-refractivity contribution in [2.45, 2.75) is 32.0 Å². The Hall–Kier alpha value is -1.58. The molecule has 1 aliphatic carbocycles. The SMILES string of the molecule is O[C@H]1CCCc2ccc(OCc3cccc(F)c3Cl)cc21. The number of benzene rings is 2. The highest BCUT2D eigenvalue weighted by Gasteiger charge is 2.18. The summed E-state index contributed by atoms with van der Waals surface area (Å²) < 4.78 is 19.0. The topological polar surface area (TPSA) is 29.5 Å². The lowest BCUT2D eigenvalue weighted by Gasteiger charge is -2.22. The van der Waals surface area contributed by atoms with Crippen molar-refractivity contribution in [3.05, 3.63) is 63.9 Å². The van der Waals surface area contributed by atoms with E-state index >= 15 is 0 Å². The molecule has 110 valence electrons. The Bertz CT molecular complexity index is 657. The Balaban J connectivity index is 1.77. The lowest BCUT2D eigenvalue weighted by Crippen LogP contribution is -2.09. The van der Waals surface area contributed by atoms with E-state index in [1.807, 2.05) is 18.2 Å². The van der Waals surface area contributed by atoms with Crippen molar-refractivity contribution < 1.29 is 14.2 Å². The van der Waals surface area contributed by atoms with Gasteiger partial charge in [0.15, 0.2) is 0 Å². The molecule has 3 rings (SSSR count). The number of rotatable bonds is 3. The number of halogens is 2. The van der Waals surface area contributed by atoms with Crippen LogP contribution >= 0.6 is 11.6 Å². The second-order valence-electron chi connectivity index (χ2n) is 5.27. The zero-order chi connectivity index (χ0) is 14.8. The van der Waals surface area contributed by atoms with Crippen molar-refractivity contribution in [2.24, 2.45) is 0 Å². The van der Waals surface area contributed by atoms with E-state index in [0.717, 1.165) is 24.8 Å². The Morgan fingerprint density at radius 3 is 3.00 bits per heavy atom. The highest BCUT2D eigenvalue weighted by Crippen LogP contribution is 2.32. The van der Waals surface area contributed by atoms with E-state index in [1.54, 1.807) is 12.1 Å². The largest absolute Gasteiger partial charge is 0.489 e. The number of fused-ring (bicyclic) bond motifs is 1. The van der Waals surface area contributed by atoms with E-state index in [-0.39, 0.29) is 11.6 Å². The minimum Gasteiger partial charge on any atom is -0.489 e. The monoisotopic (exact) mass is 306 g/mol. The fourth-order valence-corrected chi connectivity index (χ4v) is 2.84. The molecule has 1 N–H and O–H groups in total. The third-order valence-electron chi connectivity index (χ3n) is 3.83. The molecule has 2 aromatic rings. The van der Waals surface area contributed by atoms with E-state index in [0.29, 0.717) is 11.3 Å². The molecule has 1 aliphatic rings. The molecule has 0 spiro atoms. The predicted molar refractivity (Wildman–Crippen MR) is 80.1 cm³/mol. The Kier molecular flexibility index (Phi) is 4.13. The van der Waals surface area contributed by atoms with Crippen LogP contribution in [-0.2, 0) is 13.0 Å². The van der Waals surface area contributed by atoms with Gasteiger partial charge in [-0.3, -0.25) is 0 Å². The molecule has 2 aromatic carbocycles. The van der Waals surface area contributed by atoms with Gasteiger partial charge < -0.3 is 9.84 Å². The van der Waals surface area contributed by atoms with Gasteiger partial charge in [-0.2, -0.15) is 0 Å². The fourth-order valence-electron chi connectivity index (χ4n) is 2.66. The van der Waals surface area contributed by atoms with Crippen LogP contribution in [0.5, 0.6) is 5.75 Å². The van der Waals surface area contributed by atoms with Crippen LogP contribution in [0.25, 0.3) is 0 Å². The summed E-state index contributed by atoms with van der Waals surface area (Å²) in [6.07, 6.45) is 2.36. The first kappa shape index (κ1) is 14.4. The molecule has 0 bridgehead atoms.